The second-order valence-corrected chi connectivity index (χ2v) is 2.54. The molecule has 0 fully saturated rings. The van der Waals surface area contributed by atoms with Gasteiger partial charge in [-0.2, -0.15) is 13.2 Å². The largest absolute Gasteiger partial charge is 1.00 e. The summed E-state index contributed by atoms with van der Waals surface area (Å²) in [4.78, 5) is 3.02. The summed E-state index contributed by atoms with van der Waals surface area (Å²) in [6.07, 6.45) is -4.15. The van der Waals surface area contributed by atoms with E-state index >= 15 is 0 Å². The normalized spacial score (nSPS) is 12.1. The Kier molecular flexibility index (Phi) is 5.32. The van der Waals surface area contributed by atoms with Crippen molar-refractivity contribution in [2.24, 2.45) is 0 Å². The minimum absolute atomic E-state index is 0. The molecule has 9 heteroatoms. The molecule has 0 N–H and O–H groups in total. The van der Waals surface area contributed by atoms with Crippen LogP contribution in [-0.4, -0.2) is 12.0 Å². The van der Waals surface area contributed by atoms with Crippen LogP contribution in [0.15, 0.2) is 18.5 Å². The van der Waals surface area contributed by atoms with Crippen LogP contribution in [0, 0.1) is 0 Å². The topological polar surface area (TPSA) is 12.9 Å². The Hall–Kier alpha value is 0.431. The van der Waals surface area contributed by atoms with Crippen LogP contribution in [0.2, 0.25) is 0 Å². The smallest absolute Gasteiger partial charge is 0.445 e. The molecule has 1 aromatic heterocycles. The molecular formula is C6H3BF6KN. The first-order valence-electron chi connectivity index (χ1n) is 3.44. The van der Waals surface area contributed by atoms with E-state index < -0.39 is 24.2 Å². The molecule has 1 nitrogen and oxygen atoms in total. The molecule has 0 aliphatic heterocycles. The molecule has 0 saturated carbocycles. The van der Waals surface area contributed by atoms with E-state index in [9.17, 15) is 26.1 Å². The SMILES string of the molecule is F[B-](F)(F)c1cnccc1C(F)(F)F.[K+]. The number of aromatic nitrogens is 1. The first kappa shape index (κ1) is 15.4. The van der Waals surface area contributed by atoms with E-state index in [4.69, 9.17) is 0 Å². The molecule has 0 saturated heterocycles. The third-order valence-corrected chi connectivity index (χ3v) is 1.51. The molecule has 0 aliphatic rings. The fourth-order valence-electron chi connectivity index (χ4n) is 0.926. The van der Waals surface area contributed by atoms with Crippen molar-refractivity contribution < 1.29 is 77.5 Å². The summed E-state index contributed by atoms with van der Waals surface area (Å²) in [7, 11) is 0. The van der Waals surface area contributed by atoms with Crippen molar-refractivity contribution in [1.82, 2.24) is 4.98 Å². The standard InChI is InChI=1S/C6H3BF6N.K/c8-6(9,10)4-1-2-14-3-5(4)7(11,12)13;/h1-3H;/q-1;+1. The van der Waals surface area contributed by atoms with Gasteiger partial charge in [0, 0.05) is 18.0 Å². The van der Waals surface area contributed by atoms with Gasteiger partial charge < -0.3 is 12.9 Å². The van der Waals surface area contributed by atoms with E-state index in [0.717, 1.165) is 0 Å². The van der Waals surface area contributed by atoms with Gasteiger partial charge in [0.2, 0.25) is 0 Å². The van der Waals surface area contributed by atoms with Gasteiger partial charge in [0.05, 0.1) is 0 Å². The molecule has 1 heterocycles. The van der Waals surface area contributed by atoms with E-state index in [0.29, 0.717) is 12.3 Å². The van der Waals surface area contributed by atoms with E-state index in [2.05, 4.69) is 4.98 Å². The molecule has 0 unspecified atom stereocenters. The van der Waals surface area contributed by atoms with Gasteiger partial charge in [-0.3, -0.25) is 4.98 Å². The summed E-state index contributed by atoms with van der Waals surface area (Å²) in [5, 5.41) is 0. The Balaban J connectivity index is 0.00000196. The van der Waals surface area contributed by atoms with Crippen molar-refractivity contribution in [3.8, 4) is 0 Å². The number of halogens is 6. The third-order valence-electron chi connectivity index (χ3n) is 1.51. The zero-order valence-electron chi connectivity index (χ0n) is 7.52. The van der Waals surface area contributed by atoms with Crippen LogP contribution < -0.4 is 56.8 Å². The van der Waals surface area contributed by atoms with Gasteiger partial charge in [-0.15, -0.1) is 0 Å². The van der Waals surface area contributed by atoms with Gasteiger partial charge in [0.15, 0.2) is 0 Å². The van der Waals surface area contributed by atoms with E-state index in [1.807, 2.05) is 0 Å². The van der Waals surface area contributed by atoms with Crippen LogP contribution in [0.4, 0.5) is 26.1 Å². The summed E-state index contributed by atoms with van der Waals surface area (Å²) in [5.41, 5.74) is -3.40. The monoisotopic (exact) mass is 253 g/mol. The summed E-state index contributed by atoms with van der Waals surface area (Å²) < 4.78 is 72.5. The Morgan fingerprint density at radius 3 is 2.00 bits per heavy atom. The minimum atomic E-state index is -5.68. The van der Waals surface area contributed by atoms with Crippen LogP contribution in [0.1, 0.15) is 5.56 Å². The van der Waals surface area contributed by atoms with Gasteiger partial charge in [-0.1, -0.05) is 5.46 Å². The quantitative estimate of drug-likeness (QED) is 0.469. The number of hydrogen-bond acceptors (Lipinski definition) is 1. The maximum atomic E-state index is 12.1. The first-order valence-corrected chi connectivity index (χ1v) is 3.44. The molecule has 1 aromatic rings. The molecule has 0 atom stereocenters. The summed E-state index contributed by atoms with van der Waals surface area (Å²) in [5.74, 6) is 0. The third kappa shape index (κ3) is 4.06. The maximum absolute atomic E-state index is 12.1. The zero-order chi connectivity index (χ0) is 11.0. The summed E-state index contributed by atoms with van der Waals surface area (Å²) >= 11 is 0. The van der Waals surface area contributed by atoms with Gasteiger partial charge in [0.25, 0.3) is 0 Å². The Morgan fingerprint density at radius 1 is 1.13 bits per heavy atom. The summed E-state index contributed by atoms with van der Waals surface area (Å²) in [6.45, 7) is -5.68. The van der Waals surface area contributed by atoms with Crippen molar-refractivity contribution in [1.29, 1.82) is 0 Å². The fraction of sp³-hybridized carbons (Fsp3) is 0.167. The van der Waals surface area contributed by atoms with E-state index in [-0.39, 0.29) is 57.6 Å². The van der Waals surface area contributed by atoms with Crippen LogP contribution in [0.25, 0.3) is 0 Å². The zero-order valence-corrected chi connectivity index (χ0v) is 10.6. The average Bonchev–Trinajstić information content (AvgIpc) is 2.01. The molecule has 0 radical (unpaired) electrons. The number of pyridine rings is 1. The molecule has 0 aliphatic carbocycles. The molecule has 78 valence electrons. The second-order valence-electron chi connectivity index (χ2n) is 2.54. The predicted molar refractivity (Wildman–Crippen MR) is 38.0 cm³/mol. The van der Waals surface area contributed by atoms with Crippen molar-refractivity contribution in [2.75, 3.05) is 0 Å². The van der Waals surface area contributed by atoms with Crippen molar-refractivity contribution >= 4 is 12.4 Å². The number of hydrogen-bond donors (Lipinski definition) is 0. The molecular weight excluding hydrogens is 250 g/mol. The molecule has 0 spiro atoms. The molecule has 0 aromatic carbocycles. The van der Waals surface area contributed by atoms with Crippen molar-refractivity contribution in [3.63, 3.8) is 0 Å². The van der Waals surface area contributed by atoms with E-state index in [1.54, 1.807) is 0 Å². The number of rotatable bonds is 1. The number of alkyl halides is 3. The predicted octanol–water partition coefficient (Wildman–Crippen LogP) is -0.841. The first-order chi connectivity index (χ1) is 6.23. The Bertz CT molecular complexity index is 302. The van der Waals surface area contributed by atoms with Crippen LogP contribution in [0.3, 0.4) is 0 Å². The average molecular weight is 253 g/mol. The fourth-order valence-corrected chi connectivity index (χ4v) is 0.926. The number of nitrogens with zero attached hydrogens (tertiary/aromatic N) is 1. The minimum Gasteiger partial charge on any atom is -0.445 e. The van der Waals surface area contributed by atoms with E-state index in [1.165, 1.54) is 0 Å². The molecule has 0 bridgehead atoms. The van der Waals surface area contributed by atoms with Crippen LogP contribution in [0.5, 0.6) is 0 Å². The van der Waals surface area contributed by atoms with Crippen molar-refractivity contribution in [3.05, 3.63) is 24.0 Å². The maximum Gasteiger partial charge on any atom is 1.00 e. The Labute approximate surface area is 124 Å². The Morgan fingerprint density at radius 2 is 1.67 bits per heavy atom. The van der Waals surface area contributed by atoms with Crippen LogP contribution >= 0.6 is 0 Å². The molecule has 15 heavy (non-hydrogen) atoms. The summed E-state index contributed by atoms with van der Waals surface area (Å²) in [6, 6.07) is 0.310. The van der Waals surface area contributed by atoms with Gasteiger partial charge in [0.1, 0.15) is 0 Å². The van der Waals surface area contributed by atoms with Gasteiger partial charge in [-0.05, 0) is 6.07 Å². The van der Waals surface area contributed by atoms with Gasteiger partial charge in [-0.25, -0.2) is 0 Å². The second kappa shape index (κ2) is 5.17. The molecule has 1 rings (SSSR count). The van der Waals surface area contributed by atoms with Gasteiger partial charge >= 0.3 is 64.5 Å². The van der Waals surface area contributed by atoms with Crippen LogP contribution in [-0.2, 0) is 6.18 Å². The molecule has 0 amide bonds. The van der Waals surface area contributed by atoms with Crippen molar-refractivity contribution in [2.45, 2.75) is 6.18 Å².